The van der Waals surface area contributed by atoms with E-state index in [2.05, 4.69) is 18.0 Å². The molecular weight excluding hydrogens is 701 g/mol. The maximum atomic E-state index is 13.6. The van der Waals surface area contributed by atoms with Crippen molar-refractivity contribution in [1.82, 2.24) is 0 Å². The summed E-state index contributed by atoms with van der Waals surface area (Å²) in [5.41, 5.74) is -5.41. The number of carbonyl (C=O) groups excluding carboxylic acids is 2. The highest BCUT2D eigenvalue weighted by molar-refractivity contribution is 7.81. The van der Waals surface area contributed by atoms with Gasteiger partial charge in [0.15, 0.2) is 11.2 Å². The Morgan fingerprint density at radius 2 is 0.811 bits per heavy atom. The minimum atomic E-state index is -5.11. The molecule has 0 aliphatic carbocycles. The topological polar surface area (TPSA) is 182 Å². The molecule has 0 saturated carbocycles. The Labute approximate surface area is 322 Å². The number of Topliss-reactive ketones (excluding diaryl/α,β-unsaturated/α-hetero) is 2. The van der Waals surface area contributed by atoms with E-state index < -0.39 is 56.9 Å². The molecular formula is C41H76O11S. The molecule has 0 bridgehead atoms. The molecule has 0 fully saturated rings. The fraction of sp³-hybridized carbons (Fsp3) is 0.902. The average molecular weight is 777 g/mol. The van der Waals surface area contributed by atoms with Crippen molar-refractivity contribution < 1.29 is 51.3 Å². The Morgan fingerprint density at radius 3 is 1.09 bits per heavy atom. The smallest absolute Gasteiger partial charge is 0.402 e. The van der Waals surface area contributed by atoms with Gasteiger partial charge >= 0.3 is 22.3 Å². The predicted molar refractivity (Wildman–Crippen MR) is 209 cm³/mol. The number of aliphatic hydroxyl groups is 1. The third-order valence-corrected chi connectivity index (χ3v) is 11.8. The maximum absolute atomic E-state index is 13.6. The van der Waals surface area contributed by atoms with Gasteiger partial charge in [0, 0.05) is 19.3 Å². The molecule has 3 unspecified atom stereocenters. The molecule has 11 nitrogen and oxygen atoms in total. The Balaban J connectivity index is 5.33. The zero-order chi connectivity index (χ0) is 40.2. The van der Waals surface area contributed by atoms with Gasteiger partial charge < -0.3 is 15.3 Å². The summed E-state index contributed by atoms with van der Waals surface area (Å²) in [7, 11) is -4.40. The first-order chi connectivity index (χ1) is 25.1. The molecule has 3 atom stereocenters. The van der Waals surface area contributed by atoms with Crippen molar-refractivity contribution in [2.75, 3.05) is 7.11 Å². The van der Waals surface area contributed by atoms with Crippen LogP contribution in [-0.4, -0.2) is 60.1 Å². The molecule has 0 aromatic rings. The lowest BCUT2D eigenvalue weighted by Gasteiger charge is -2.42. The average Bonchev–Trinajstić information content (AvgIpc) is 3.10. The summed E-state index contributed by atoms with van der Waals surface area (Å²) in [6, 6.07) is 0. The van der Waals surface area contributed by atoms with Crippen LogP contribution in [-0.2, 0) is 37.9 Å². The van der Waals surface area contributed by atoms with Crippen LogP contribution in [0.1, 0.15) is 214 Å². The van der Waals surface area contributed by atoms with Crippen LogP contribution in [0.15, 0.2) is 0 Å². The second-order valence-electron chi connectivity index (χ2n) is 15.5. The quantitative estimate of drug-likeness (QED) is 0.0308. The van der Waals surface area contributed by atoms with Crippen LogP contribution in [0.3, 0.4) is 0 Å². The number of rotatable bonds is 38. The normalized spacial score (nSPS) is 15.4. The van der Waals surface area contributed by atoms with Crippen LogP contribution in [0.2, 0.25) is 0 Å². The van der Waals surface area contributed by atoms with Gasteiger partial charge in [-0.3, -0.25) is 23.4 Å². The van der Waals surface area contributed by atoms with Gasteiger partial charge in [-0.1, -0.05) is 168 Å². The lowest BCUT2D eigenvalue weighted by molar-refractivity contribution is -0.237. The molecule has 0 spiro atoms. The van der Waals surface area contributed by atoms with E-state index in [-0.39, 0.29) is 19.3 Å². The summed E-state index contributed by atoms with van der Waals surface area (Å²) in [6.45, 7) is 6.21. The van der Waals surface area contributed by atoms with Crippen molar-refractivity contribution in [2.24, 2.45) is 10.8 Å². The van der Waals surface area contributed by atoms with Crippen molar-refractivity contribution in [3.05, 3.63) is 0 Å². The Kier molecular flexibility index (Phi) is 27.5. The lowest BCUT2D eigenvalue weighted by atomic mass is 9.67. The van der Waals surface area contributed by atoms with E-state index in [1.165, 1.54) is 89.9 Å². The van der Waals surface area contributed by atoms with E-state index in [4.69, 9.17) is 4.18 Å². The van der Waals surface area contributed by atoms with Gasteiger partial charge in [-0.2, -0.15) is 8.42 Å². The number of carbonyl (C=O) groups is 4. The highest BCUT2D eigenvalue weighted by Crippen LogP contribution is 2.45. The van der Waals surface area contributed by atoms with Gasteiger partial charge in [0.2, 0.25) is 5.79 Å². The number of carboxylic acid groups (broad SMARTS) is 2. The van der Waals surface area contributed by atoms with Gasteiger partial charge in [-0.15, -0.1) is 0 Å². The first kappa shape index (κ1) is 51.1. The molecule has 0 aliphatic heterocycles. The Bertz CT molecular complexity index is 1140. The van der Waals surface area contributed by atoms with Crippen LogP contribution >= 0.6 is 0 Å². The summed E-state index contributed by atoms with van der Waals surface area (Å²) >= 11 is 0. The van der Waals surface area contributed by atoms with E-state index in [1.807, 2.05) is 0 Å². The lowest BCUT2D eigenvalue weighted by Crippen LogP contribution is -2.61. The predicted octanol–water partition coefficient (Wildman–Crippen LogP) is 10.3. The molecule has 3 N–H and O–H groups in total. The Morgan fingerprint density at radius 1 is 0.509 bits per heavy atom. The molecule has 312 valence electrons. The van der Waals surface area contributed by atoms with Gasteiger partial charge in [-0.25, -0.2) is 4.18 Å². The zero-order valence-corrected chi connectivity index (χ0v) is 34.8. The van der Waals surface area contributed by atoms with E-state index in [0.717, 1.165) is 65.2 Å². The van der Waals surface area contributed by atoms with Crippen LogP contribution < -0.4 is 0 Å². The molecule has 12 heteroatoms. The highest BCUT2D eigenvalue weighted by Gasteiger charge is 2.64. The zero-order valence-electron chi connectivity index (χ0n) is 34.0. The van der Waals surface area contributed by atoms with Crippen LogP contribution in [0, 0.1) is 10.8 Å². The SMILES string of the molecule is CCCCCCCCCCCCCCCC(=O)C(C)(CC(O)(OS(=O)(=O)OC)C(C)(C(=O)O)C(=O)CCCCCCCCCCCCCCC)C(=O)O. The van der Waals surface area contributed by atoms with E-state index in [0.29, 0.717) is 26.4 Å². The summed E-state index contributed by atoms with van der Waals surface area (Å²) in [5, 5.41) is 32.3. The van der Waals surface area contributed by atoms with Crippen LogP contribution in [0.5, 0.6) is 0 Å². The van der Waals surface area contributed by atoms with E-state index in [1.54, 1.807) is 0 Å². The van der Waals surface area contributed by atoms with Gasteiger partial charge in [0.05, 0.1) is 7.11 Å². The molecule has 0 saturated heterocycles. The largest absolute Gasteiger partial charge is 0.481 e. The van der Waals surface area contributed by atoms with Crippen LogP contribution in [0.4, 0.5) is 0 Å². The van der Waals surface area contributed by atoms with E-state index >= 15 is 0 Å². The van der Waals surface area contributed by atoms with Crippen LogP contribution in [0.25, 0.3) is 0 Å². The van der Waals surface area contributed by atoms with Crippen molar-refractivity contribution in [2.45, 2.75) is 220 Å². The number of aliphatic carboxylic acids is 2. The minimum absolute atomic E-state index is 0.190. The summed E-state index contributed by atoms with van der Waals surface area (Å²) in [6.07, 6.45) is 25.7. The minimum Gasteiger partial charge on any atom is -0.481 e. The molecule has 53 heavy (non-hydrogen) atoms. The molecule has 0 amide bonds. The fourth-order valence-electron chi connectivity index (χ4n) is 6.90. The van der Waals surface area contributed by atoms with Gasteiger partial charge in [0.1, 0.15) is 11.2 Å². The van der Waals surface area contributed by atoms with Crippen molar-refractivity contribution in [3.8, 4) is 0 Å². The summed E-state index contributed by atoms with van der Waals surface area (Å²) < 4.78 is 34.1. The first-order valence-electron chi connectivity index (χ1n) is 20.8. The van der Waals surface area contributed by atoms with Crippen molar-refractivity contribution in [3.63, 3.8) is 0 Å². The summed E-state index contributed by atoms with van der Waals surface area (Å²) in [4.78, 5) is 52.3. The third kappa shape index (κ3) is 20.0. The molecule has 0 aliphatic rings. The number of hydrogen-bond acceptors (Lipinski definition) is 9. The second-order valence-corrected chi connectivity index (χ2v) is 16.8. The summed E-state index contributed by atoms with van der Waals surface area (Å²) in [5.74, 6) is -8.95. The van der Waals surface area contributed by atoms with E-state index in [9.17, 15) is 42.9 Å². The second kappa shape index (κ2) is 28.5. The molecule has 0 rings (SSSR count). The molecule has 0 radical (unpaired) electrons. The monoisotopic (exact) mass is 777 g/mol. The fourth-order valence-corrected chi connectivity index (χ4v) is 7.53. The van der Waals surface area contributed by atoms with Crippen molar-refractivity contribution >= 4 is 33.9 Å². The molecule has 0 aromatic heterocycles. The van der Waals surface area contributed by atoms with Crippen molar-refractivity contribution in [1.29, 1.82) is 0 Å². The number of hydrogen-bond donors (Lipinski definition) is 3. The van der Waals surface area contributed by atoms with Gasteiger partial charge in [0.25, 0.3) is 0 Å². The highest BCUT2D eigenvalue weighted by atomic mass is 32.3. The van der Waals surface area contributed by atoms with Gasteiger partial charge in [-0.05, 0) is 26.7 Å². The standard InChI is InChI=1S/C41H76O11S/c1-6-8-10-12-14-16-18-20-22-24-26-28-30-32-35(42)39(3,37(44)45)34-41(48,52-53(49,50)51-5)40(4,38(46)47)36(43)33-31-29-27-25-23-21-19-17-15-13-11-9-7-2/h48H,6-34H2,1-5H3,(H,44,45)(H,46,47). The molecule has 0 heterocycles. The Hall–Kier alpha value is -1.89. The number of carboxylic acids is 2. The first-order valence-corrected chi connectivity index (χ1v) is 22.2. The third-order valence-electron chi connectivity index (χ3n) is 10.9. The molecule has 0 aromatic carbocycles. The number of ketones is 2. The maximum Gasteiger partial charge on any atom is 0.402 e. The number of unbranched alkanes of at least 4 members (excludes halogenated alkanes) is 24.